The van der Waals surface area contributed by atoms with Crippen LogP contribution in [0, 0.1) is 0 Å². The predicted octanol–water partition coefficient (Wildman–Crippen LogP) is 5.70. The highest BCUT2D eigenvalue weighted by Gasteiger charge is 2.23. The fraction of sp³-hybridized carbons (Fsp3) is 0.913. The molecular formula is C23H46IN5. The maximum atomic E-state index is 4.58. The van der Waals surface area contributed by atoms with Crippen LogP contribution in [0.15, 0.2) is 9.98 Å². The molecule has 5 nitrogen and oxygen atoms in total. The van der Waals surface area contributed by atoms with Crippen LogP contribution in [0.1, 0.15) is 103 Å². The SMILES string of the molecule is CCCCCCCCCCCCCCCCCNC1=NCCN1C1=NCCN1.I. The Kier molecular flexibility index (Phi) is 16.7. The molecule has 0 aromatic carbocycles. The predicted molar refractivity (Wildman–Crippen MR) is 138 cm³/mol. The van der Waals surface area contributed by atoms with Gasteiger partial charge in [-0.05, 0) is 6.42 Å². The number of guanidine groups is 2. The molecule has 0 aromatic heterocycles. The van der Waals surface area contributed by atoms with E-state index in [4.69, 9.17) is 0 Å². The summed E-state index contributed by atoms with van der Waals surface area (Å²) in [7, 11) is 0. The molecule has 29 heavy (non-hydrogen) atoms. The molecule has 0 spiro atoms. The summed E-state index contributed by atoms with van der Waals surface area (Å²) in [6.45, 7) is 6.99. The first-order valence-electron chi connectivity index (χ1n) is 12.3. The lowest BCUT2D eigenvalue weighted by atomic mass is 10.0. The molecule has 2 aliphatic rings. The van der Waals surface area contributed by atoms with Crippen molar-refractivity contribution in [1.82, 2.24) is 15.5 Å². The molecule has 0 unspecified atom stereocenters. The van der Waals surface area contributed by atoms with Gasteiger partial charge in [-0.2, -0.15) is 0 Å². The van der Waals surface area contributed by atoms with Gasteiger partial charge in [0.2, 0.25) is 11.9 Å². The summed E-state index contributed by atoms with van der Waals surface area (Å²) >= 11 is 0. The Morgan fingerprint density at radius 1 is 0.759 bits per heavy atom. The van der Waals surface area contributed by atoms with E-state index in [-0.39, 0.29) is 24.0 Å². The zero-order chi connectivity index (χ0) is 19.7. The molecule has 2 rings (SSSR count). The molecule has 0 radical (unpaired) electrons. The van der Waals surface area contributed by atoms with Gasteiger partial charge >= 0.3 is 0 Å². The molecular weight excluding hydrogens is 473 g/mol. The number of halogens is 1. The van der Waals surface area contributed by atoms with Gasteiger partial charge < -0.3 is 10.6 Å². The maximum absolute atomic E-state index is 4.58. The average molecular weight is 520 g/mol. The first-order chi connectivity index (χ1) is 13.9. The van der Waals surface area contributed by atoms with Crippen molar-refractivity contribution >= 4 is 35.9 Å². The van der Waals surface area contributed by atoms with E-state index in [0.717, 1.165) is 44.6 Å². The second kappa shape index (κ2) is 18.3. The molecule has 0 saturated carbocycles. The van der Waals surface area contributed by atoms with Crippen molar-refractivity contribution in [3.63, 3.8) is 0 Å². The van der Waals surface area contributed by atoms with Gasteiger partial charge in [0, 0.05) is 19.6 Å². The zero-order valence-electron chi connectivity index (χ0n) is 18.9. The van der Waals surface area contributed by atoms with Gasteiger partial charge in [-0.1, -0.05) is 96.8 Å². The maximum Gasteiger partial charge on any atom is 0.201 e. The summed E-state index contributed by atoms with van der Waals surface area (Å²) in [5.41, 5.74) is 0. The topological polar surface area (TPSA) is 52.0 Å². The van der Waals surface area contributed by atoms with Crippen molar-refractivity contribution in [2.24, 2.45) is 9.98 Å². The molecule has 2 N–H and O–H groups in total. The van der Waals surface area contributed by atoms with Crippen LogP contribution in [0.5, 0.6) is 0 Å². The van der Waals surface area contributed by atoms with Crippen molar-refractivity contribution in [3.05, 3.63) is 0 Å². The third-order valence-electron chi connectivity index (χ3n) is 5.82. The molecule has 0 atom stereocenters. The van der Waals surface area contributed by atoms with Crippen LogP contribution in [-0.2, 0) is 0 Å². The van der Waals surface area contributed by atoms with Crippen molar-refractivity contribution < 1.29 is 0 Å². The standard InChI is InChI=1S/C23H45N5.HI/c1-2-3-4-5-6-7-8-9-10-11-12-13-14-15-16-17-24-22-27-20-21-28(22)23-25-18-19-26-23;/h2-21H2,1H3,(H,24,27)(H,25,26);1H. The highest BCUT2D eigenvalue weighted by Crippen LogP contribution is 2.13. The second-order valence-electron chi connectivity index (χ2n) is 8.37. The summed E-state index contributed by atoms with van der Waals surface area (Å²) in [4.78, 5) is 11.3. The average Bonchev–Trinajstić information content (AvgIpc) is 3.39. The number of unbranched alkanes of at least 4 members (excludes halogenated alkanes) is 14. The number of nitrogens with one attached hydrogen (secondary N) is 2. The smallest absolute Gasteiger partial charge is 0.201 e. The monoisotopic (exact) mass is 519 g/mol. The van der Waals surface area contributed by atoms with Gasteiger partial charge in [0.15, 0.2) is 0 Å². The molecule has 2 heterocycles. The normalized spacial score (nSPS) is 15.7. The lowest BCUT2D eigenvalue weighted by Gasteiger charge is -2.20. The van der Waals surface area contributed by atoms with Crippen molar-refractivity contribution in [1.29, 1.82) is 0 Å². The van der Waals surface area contributed by atoms with Crippen LogP contribution in [0.4, 0.5) is 0 Å². The molecule has 170 valence electrons. The van der Waals surface area contributed by atoms with Crippen molar-refractivity contribution in [2.75, 3.05) is 32.7 Å². The van der Waals surface area contributed by atoms with Crippen molar-refractivity contribution in [2.45, 2.75) is 103 Å². The Hall–Kier alpha value is -0.530. The van der Waals surface area contributed by atoms with E-state index >= 15 is 0 Å². The molecule has 0 aliphatic carbocycles. The van der Waals surface area contributed by atoms with Gasteiger partial charge in [0.05, 0.1) is 13.1 Å². The summed E-state index contributed by atoms with van der Waals surface area (Å²) in [5, 5.41) is 6.85. The van der Waals surface area contributed by atoms with Crippen LogP contribution < -0.4 is 10.6 Å². The Bertz CT molecular complexity index is 453. The first-order valence-corrected chi connectivity index (χ1v) is 12.3. The van der Waals surface area contributed by atoms with Crippen molar-refractivity contribution in [3.8, 4) is 0 Å². The van der Waals surface area contributed by atoms with E-state index in [9.17, 15) is 0 Å². The minimum absolute atomic E-state index is 0. The van der Waals surface area contributed by atoms with E-state index < -0.39 is 0 Å². The molecule has 0 aromatic rings. The van der Waals surface area contributed by atoms with E-state index in [1.54, 1.807) is 0 Å². The number of hydrogen-bond donors (Lipinski definition) is 2. The van der Waals surface area contributed by atoms with E-state index in [2.05, 4.69) is 32.4 Å². The molecule has 2 aliphatic heterocycles. The minimum Gasteiger partial charge on any atom is -0.356 e. The van der Waals surface area contributed by atoms with E-state index in [0.29, 0.717) is 0 Å². The Labute approximate surface area is 197 Å². The van der Waals surface area contributed by atoms with Gasteiger partial charge in [0.1, 0.15) is 0 Å². The van der Waals surface area contributed by atoms with Gasteiger partial charge in [-0.15, -0.1) is 24.0 Å². The quantitative estimate of drug-likeness (QED) is 0.203. The molecule has 0 amide bonds. The fourth-order valence-electron chi connectivity index (χ4n) is 4.07. The second-order valence-corrected chi connectivity index (χ2v) is 8.37. The van der Waals surface area contributed by atoms with Crippen LogP contribution in [-0.4, -0.2) is 49.5 Å². The van der Waals surface area contributed by atoms with E-state index in [1.165, 1.54) is 96.3 Å². The summed E-state index contributed by atoms with van der Waals surface area (Å²) < 4.78 is 0. The first kappa shape index (κ1) is 26.5. The molecule has 6 heteroatoms. The minimum atomic E-state index is 0. The third-order valence-corrected chi connectivity index (χ3v) is 5.82. The lowest BCUT2D eigenvalue weighted by molar-refractivity contribution is 0.530. The van der Waals surface area contributed by atoms with Gasteiger partial charge in [-0.25, -0.2) is 0 Å². The molecule has 0 saturated heterocycles. The molecule has 0 fully saturated rings. The summed E-state index contributed by atoms with van der Waals surface area (Å²) in [6, 6.07) is 0. The number of rotatable bonds is 16. The zero-order valence-corrected chi connectivity index (χ0v) is 21.2. The number of aliphatic imine (C=N–C) groups is 2. The van der Waals surface area contributed by atoms with Gasteiger partial charge in [-0.3, -0.25) is 14.9 Å². The van der Waals surface area contributed by atoms with Gasteiger partial charge in [0.25, 0.3) is 0 Å². The van der Waals surface area contributed by atoms with Crippen LogP contribution in [0.25, 0.3) is 0 Å². The highest BCUT2D eigenvalue weighted by atomic mass is 127. The third kappa shape index (κ3) is 12.0. The fourth-order valence-corrected chi connectivity index (χ4v) is 4.07. The highest BCUT2D eigenvalue weighted by molar-refractivity contribution is 14.0. The summed E-state index contributed by atoms with van der Waals surface area (Å²) in [5.74, 6) is 2.01. The van der Waals surface area contributed by atoms with E-state index in [1.807, 2.05) is 0 Å². The van der Waals surface area contributed by atoms with Crippen LogP contribution >= 0.6 is 24.0 Å². The summed E-state index contributed by atoms with van der Waals surface area (Å²) in [6.07, 6.45) is 21.2. The lowest BCUT2D eigenvalue weighted by Crippen LogP contribution is -2.46. The number of nitrogens with zero attached hydrogens (tertiary/aromatic N) is 3. The molecule has 0 bridgehead atoms. The largest absolute Gasteiger partial charge is 0.356 e. The Balaban J connectivity index is 0.00000420. The van der Waals surface area contributed by atoms with Crippen LogP contribution in [0.2, 0.25) is 0 Å². The van der Waals surface area contributed by atoms with Crippen LogP contribution in [0.3, 0.4) is 0 Å². The Morgan fingerprint density at radius 3 is 1.83 bits per heavy atom. The Morgan fingerprint density at radius 2 is 1.31 bits per heavy atom. The number of hydrogen-bond acceptors (Lipinski definition) is 5.